The molecule has 0 saturated carbocycles. The Morgan fingerprint density at radius 2 is 1.28 bits per heavy atom. The molecule has 2 nitrogen and oxygen atoms in total. The zero-order chi connectivity index (χ0) is 17.4. The first-order chi connectivity index (χ1) is 12.1. The Bertz CT molecular complexity index is 947. The number of hydrogen-bond acceptors (Lipinski definition) is 3. The van der Waals surface area contributed by atoms with Gasteiger partial charge in [-0.25, -0.2) is 4.98 Å². The van der Waals surface area contributed by atoms with Crippen LogP contribution >= 0.6 is 34.5 Å². The van der Waals surface area contributed by atoms with Crippen molar-refractivity contribution in [2.24, 2.45) is 0 Å². The second-order valence-corrected chi connectivity index (χ2v) is 7.61. The average molecular weight is 386 g/mol. The molecule has 0 spiro atoms. The summed E-state index contributed by atoms with van der Waals surface area (Å²) in [5.74, 6) is 0. The van der Waals surface area contributed by atoms with E-state index in [-0.39, 0.29) is 0 Å². The SMILES string of the molecule is OC(c1ccc(Cl)cc1)(c1ccc(Cl)cc1)c1nc2ccccc2s1. The van der Waals surface area contributed by atoms with Crippen molar-refractivity contribution in [1.29, 1.82) is 0 Å². The van der Waals surface area contributed by atoms with Crippen LogP contribution in [0.3, 0.4) is 0 Å². The number of fused-ring (bicyclic) bond motifs is 1. The number of nitrogens with zero attached hydrogens (tertiary/aromatic N) is 1. The van der Waals surface area contributed by atoms with Gasteiger partial charge >= 0.3 is 0 Å². The highest BCUT2D eigenvalue weighted by atomic mass is 35.5. The third-order valence-corrected chi connectivity index (χ3v) is 5.78. The first kappa shape index (κ1) is 16.6. The van der Waals surface area contributed by atoms with E-state index in [2.05, 4.69) is 4.98 Å². The van der Waals surface area contributed by atoms with Crippen LogP contribution in [0.4, 0.5) is 0 Å². The average Bonchev–Trinajstić information content (AvgIpc) is 3.07. The lowest BCUT2D eigenvalue weighted by molar-refractivity contribution is 0.125. The van der Waals surface area contributed by atoms with Gasteiger partial charge in [-0.2, -0.15) is 0 Å². The fourth-order valence-corrected chi connectivity index (χ4v) is 4.18. The normalized spacial score (nSPS) is 11.8. The van der Waals surface area contributed by atoms with E-state index < -0.39 is 5.60 Å². The third-order valence-electron chi connectivity index (χ3n) is 4.13. The van der Waals surface area contributed by atoms with Gasteiger partial charge in [0.05, 0.1) is 10.2 Å². The number of rotatable bonds is 3. The Morgan fingerprint density at radius 3 is 1.80 bits per heavy atom. The summed E-state index contributed by atoms with van der Waals surface area (Å²) in [5.41, 5.74) is 0.902. The number of aliphatic hydroxyl groups is 1. The lowest BCUT2D eigenvalue weighted by atomic mass is 9.87. The molecular weight excluding hydrogens is 373 g/mol. The fourth-order valence-electron chi connectivity index (χ4n) is 2.82. The number of benzene rings is 3. The minimum atomic E-state index is -1.38. The molecule has 124 valence electrons. The van der Waals surface area contributed by atoms with Gasteiger partial charge in [0, 0.05) is 10.0 Å². The smallest absolute Gasteiger partial charge is 0.166 e. The lowest BCUT2D eigenvalue weighted by Crippen LogP contribution is -2.28. The third kappa shape index (κ3) is 2.94. The van der Waals surface area contributed by atoms with Crippen molar-refractivity contribution in [3.05, 3.63) is 99.0 Å². The molecule has 0 aliphatic heterocycles. The van der Waals surface area contributed by atoms with Crippen LogP contribution in [0, 0.1) is 0 Å². The van der Waals surface area contributed by atoms with Gasteiger partial charge in [-0.3, -0.25) is 0 Å². The zero-order valence-corrected chi connectivity index (χ0v) is 15.3. The van der Waals surface area contributed by atoms with E-state index >= 15 is 0 Å². The number of thiazole rings is 1. The van der Waals surface area contributed by atoms with E-state index in [4.69, 9.17) is 23.2 Å². The fraction of sp³-hybridized carbons (Fsp3) is 0.0500. The highest BCUT2D eigenvalue weighted by molar-refractivity contribution is 7.18. The van der Waals surface area contributed by atoms with E-state index in [9.17, 15) is 5.11 Å². The van der Waals surface area contributed by atoms with Crippen molar-refractivity contribution >= 4 is 44.8 Å². The predicted octanol–water partition coefficient (Wildman–Crippen LogP) is 5.89. The van der Waals surface area contributed by atoms with Crippen LogP contribution in [0.2, 0.25) is 10.0 Å². The number of aromatic nitrogens is 1. The molecule has 3 aromatic carbocycles. The molecule has 0 radical (unpaired) electrons. The molecule has 0 fully saturated rings. The van der Waals surface area contributed by atoms with Gasteiger partial charge < -0.3 is 5.11 Å². The van der Waals surface area contributed by atoms with E-state index in [1.165, 1.54) is 11.3 Å². The van der Waals surface area contributed by atoms with Gasteiger partial charge in [-0.15, -0.1) is 11.3 Å². The molecule has 1 heterocycles. The maximum atomic E-state index is 11.8. The Hall–Kier alpha value is -1.91. The van der Waals surface area contributed by atoms with Crippen LogP contribution in [0.25, 0.3) is 10.2 Å². The van der Waals surface area contributed by atoms with Gasteiger partial charge in [0.2, 0.25) is 0 Å². The predicted molar refractivity (Wildman–Crippen MR) is 105 cm³/mol. The molecular formula is C20H13Cl2NOS. The maximum Gasteiger partial charge on any atom is 0.166 e. The van der Waals surface area contributed by atoms with E-state index in [1.54, 1.807) is 24.3 Å². The van der Waals surface area contributed by atoms with Crippen LogP contribution < -0.4 is 0 Å². The molecule has 25 heavy (non-hydrogen) atoms. The molecule has 0 atom stereocenters. The van der Waals surface area contributed by atoms with E-state index in [0.29, 0.717) is 26.2 Å². The topological polar surface area (TPSA) is 33.1 Å². The first-order valence-electron chi connectivity index (χ1n) is 7.68. The monoisotopic (exact) mass is 385 g/mol. The van der Waals surface area contributed by atoms with Crippen molar-refractivity contribution in [3.63, 3.8) is 0 Å². The maximum absolute atomic E-state index is 11.8. The van der Waals surface area contributed by atoms with Crippen LogP contribution in [-0.4, -0.2) is 10.1 Å². The first-order valence-corrected chi connectivity index (χ1v) is 9.25. The molecule has 4 aromatic rings. The standard InChI is InChI=1S/C20H13Cl2NOS/c21-15-9-5-13(6-10-15)20(24,14-7-11-16(22)12-8-14)19-23-17-3-1-2-4-18(17)25-19/h1-12,24H. The summed E-state index contributed by atoms with van der Waals surface area (Å²) in [4.78, 5) is 4.68. The number of para-hydroxylation sites is 1. The largest absolute Gasteiger partial charge is 0.374 e. The van der Waals surface area contributed by atoms with Gasteiger partial charge in [0.15, 0.2) is 5.60 Å². The Balaban J connectivity index is 1.97. The summed E-state index contributed by atoms with van der Waals surface area (Å²) in [7, 11) is 0. The van der Waals surface area contributed by atoms with Crippen LogP contribution in [-0.2, 0) is 5.60 Å². The van der Waals surface area contributed by atoms with Gasteiger partial charge in [-0.05, 0) is 47.5 Å². The highest BCUT2D eigenvalue weighted by Gasteiger charge is 2.37. The minimum absolute atomic E-state index is 0.610. The second-order valence-electron chi connectivity index (χ2n) is 5.71. The molecule has 0 bridgehead atoms. The molecule has 0 saturated heterocycles. The van der Waals surface area contributed by atoms with Crippen molar-refractivity contribution in [2.75, 3.05) is 0 Å². The Kier molecular flexibility index (Phi) is 4.26. The number of hydrogen-bond donors (Lipinski definition) is 1. The van der Waals surface area contributed by atoms with Gasteiger partial charge in [0.25, 0.3) is 0 Å². The summed E-state index contributed by atoms with van der Waals surface area (Å²) in [6.07, 6.45) is 0. The van der Waals surface area contributed by atoms with Gasteiger partial charge in [0.1, 0.15) is 5.01 Å². The van der Waals surface area contributed by atoms with Crippen LogP contribution in [0.5, 0.6) is 0 Å². The molecule has 1 aromatic heterocycles. The Labute approximate surface area is 159 Å². The Morgan fingerprint density at radius 1 is 0.760 bits per heavy atom. The summed E-state index contributed by atoms with van der Waals surface area (Å²) in [6, 6.07) is 22.2. The van der Waals surface area contributed by atoms with E-state index in [0.717, 1.165) is 10.2 Å². The molecule has 0 aliphatic rings. The van der Waals surface area contributed by atoms with Crippen LogP contribution in [0.1, 0.15) is 16.1 Å². The molecule has 5 heteroatoms. The molecule has 0 aliphatic carbocycles. The lowest BCUT2D eigenvalue weighted by Gasteiger charge is -2.27. The second kappa shape index (κ2) is 6.43. The van der Waals surface area contributed by atoms with E-state index in [1.807, 2.05) is 48.5 Å². The molecule has 0 unspecified atom stereocenters. The summed E-state index contributed by atoms with van der Waals surface area (Å²) < 4.78 is 1.03. The summed E-state index contributed by atoms with van der Waals surface area (Å²) in [5, 5.41) is 13.6. The van der Waals surface area contributed by atoms with Crippen molar-refractivity contribution in [2.45, 2.75) is 5.60 Å². The van der Waals surface area contributed by atoms with Crippen LogP contribution in [0.15, 0.2) is 72.8 Å². The quantitative estimate of drug-likeness (QED) is 0.476. The summed E-state index contributed by atoms with van der Waals surface area (Å²) >= 11 is 13.5. The van der Waals surface area contributed by atoms with Gasteiger partial charge in [-0.1, -0.05) is 59.6 Å². The molecule has 4 rings (SSSR count). The molecule has 1 N–H and O–H groups in total. The van der Waals surface area contributed by atoms with Crippen molar-refractivity contribution in [3.8, 4) is 0 Å². The minimum Gasteiger partial charge on any atom is -0.374 e. The van der Waals surface area contributed by atoms with Crippen molar-refractivity contribution in [1.82, 2.24) is 4.98 Å². The highest BCUT2D eigenvalue weighted by Crippen LogP contribution is 2.40. The number of halogens is 2. The summed E-state index contributed by atoms with van der Waals surface area (Å²) in [6.45, 7) is 0. The molecule has 0 amide bonds. The van der Waals surface area contributed by atoms with Crippen molar-refractivity contribution < 1.29 is 5.11 Å². The zero-order valence-electron chi connectivity index (χ0n) is 13.0.